The lowest BCUT2D eigenvalue weighted by molar-refractivity contribution is -0.117. The number of aromatic nitrogens is 2. The Morgan fingerprint density at radius 2 is 1.76 bits per heavy atom. The molecule has 0 aliphatic carbocycles. The monoisotopic (exact) mass is 516 g/mol. The molecule has 0 atom stereocenters. The lowest BCUT2D eigenvalue weighted by atomic mass is 10.1. The minimum absolute atomic E-state index is 0.119. The molecular weight excluding hydrogens is 488 g/mol. The number of anilines is 1. The van der Waals surface area contributed by atoms with Crippen LogP contribution in [0.15, 0.2) is 79.0 Å². The normalized spacial score (nSPS) is 10.9. The lowest BCUT2D eigenvalue weighted by Crippen LogP contribution is -2.42. The second kappa shape index (κ2) is 11.3. The largest absolute Gasteiger partial charge is 0.497 e. The van der Waals surface area contributed by atoms with Crippen molar-refractivity contribution in [1.29, 1.82) is 0 Å². The maximum Gasteiger partial charge on any atom is 0.254 e. The average molecular weight is 517 g/mol. The Morgan fingerprint density at radius 1 is 1.05 bits per heavy atom. The van der Waals surface area contributed by atoms with Crippen LogP contribution >= 0.6 is 11.6 Å². The fraction of sp³-hybridized carbons (Fsp3) is 0.207. The van der Waals surface area contributed by atoms with Crippen LogP contribution in [0.5, 0.6) is 5.75 Å². The molecule has 0 radical (unpaired) electrons. The molecule has 3 aromatic carbocycles. The topological polar surface area (TPSA) is 76.5 Å². The molecule has 0 spiro atoms. The van der Waals surface area contributed by atoms with Crippen LogP contribution in [-0.2, 0) is 4.79 Å². The van der Waals surface area contributed by atoms with Gasteiger partial charge in [0.15, 0.2) is 0 Å². The van der Waals surface area contributed by atoms with Gasteiger partial charge in [0, 0.05) is 34.5 Å². The molecule has 0 saturated carbocycles. The summed E-state index contributed by atoms with van der Waals surface area (Å²) in [6.07, 6.45) is 1.84. The van der Waals surface area contributed by atoms with Crippen molar-refractivity contribution in [2.45, 2.75) is 26.8 Å². The second-order valence-corrected chi connectivity index (χ2v) is 9.41. The van der Waals surface area contributed by atoms with E-state index in [1.165, 1.54) is 0 Å². The van der Waals surface area contributed by atoms with Crippen LogP contribution in [0, 0.1) is 6.92 Å². The molecule has 0 unspecified atom stereocenters. The molecule has 1 N–H and O–H groups in total. The smallest absolute Gasteiger partial charge is 0.254 e. The van der Waals surface area contributed by atoms with Crippen LogP contribution in [0.2, 0.25) is 5.02 Å². The highest BCUT2D eigenvalue weighted by molar-refractivity contribution is 6.30. The third kappa shape index (κ3) is 6.19. The average Bonchev–Trinajstić information content (AvgIpc) is 3.31. The van der Waals surface area contributed by atoms with Gasteiger partial charge in [0.05, 0.1) is 18.5 Å². The van der Waals surface area contributed by atoms with Gasteiger partial charge >= 0.3 is 0 Å². The fourth-order valence-corrected chi connectivity index (χ4v) is 3.98. The van der Waals surface area contributed by atoms with Crippen LogP contribution < -0.4 is 10.1 Å². The minimum atomic E-state index is -0.355. The zero-order valence-corrected chi connectivity index (χ0v) is 22.0. The molecule has 1 heterocycles. The number of carbonyl (C=O) groups excluding carboxylic acids is 2. The molecule has 0 aliphatic heterocycles. The van der Waals surface area contributed by atoms with Crippen molar-refractivity contribution >= 4 is 29.4 Å². The van der Waals surface area contributed by atoms with Crippen molar-refractivity contribution in [2.75, 3.05) is 19.0 Å². The quantitative estimate of drug-likeness (QED) is 0.311. The first-order chi connectivity index (χ1) is 17.7. The van der Waals surface area contributed by atoms with E-state index in [9.17, 15) is 9.59 Å². The van der Waals surface area contributed by atoms with Crippen molar-refractivity contribution in [3.63, 3.8) is 0 Å². The highest BCUT2D eigenvalue weighted by Crippen LogP contribution is 2.27. The number of hydrogen-bond acceptors (Lipinski definition) is 4. The van der Waals surface area contributed by atoms with Crippen molar-refractivity contribution in [1.82, 2.24) is 14.5 Å². The van der Waals surface area contributed by atoms with Gasteiger partial charge in [-0.3, -0.25) is 19.5 Å². The van der Waals surface area contributed by atoms with E-state index < -0.39 is 0 Å². The molecule has 190 valence electrons. The van der Waals surface area contributed by atoms with E-state index >= 15 is 0 Å². The number of rotatable bonds is 8. The first-order valence-electron chi connectivity index (χ1n) is 11.9. The highest BCUT2D eigenvalue weighted by Gasteiger charge is 2.23. The van der Waals surface area contributed by atoms with Crippen molar-refractivity contribution in [3.05, 3.63) is 95.1 Å². The number of hydrogen-bond donors (Lipinski definition) is 1. The maximum atomic E-state index is 13.2. The molecule has 4 aromatic rings. The summed E-state index contributed by atoms with van der Waals surface area (Å²) >= 11 is 6.06. The standard InChI is InChI=1S/C29H29ClN4O3/c1-19(2)33(28(36)22-10-8-20(3)9-11-22)18-27(35)32-29-31-26(21-12-14-23(30)15-13-21)17-34(29)24-6-5-7-25(16-24)37-4/h5-17,19H,18H2,1-4H3,(H,31,32,35). The van der Waals surface area contributed by atoms with Crippen LogP contribution in [0.3, 0.4) is 0 Å². The molecule has 0 bridgehead atoms. The van der Waals surface area contributed by atoms with E-state index in [0.29, 0.717) is 28.0 Å². The fourth-order valence-electron chi connectivity index (χ4n) is 3.86. The molecule has 7 nitrogen and oxygen atoms in total. The number of aryl methyl sites for hydroxylation is 1. The highest BCUT2D eigenvalue weighted by atomic mass is 35.5. The Labute approximate surface area is 221 Å². The lowest BCUT2D eigenvalue weighted by Gasteiger charge is -2.26. The van der Waals surface area contributed by atoms with E-state index in [4.69, 9.17) is 21.3 Å². The predicted octanol–water partition coefficient (Wildman–Crippen LogP) is 6.00. The van der Waals surface area contributed by atoms with Gasteiger partial charge < -0.3 is 9.64 Å². The summed E-state index contributed by atoms with van der Waals surface area (Å²) in [7, 11) is 1.60. The van der Waals surface area contributed by atoms with Crippen LogP contribution in [-0.4, -0.2) is 46.0 Å². The van der Waals surface area contributed by atoms with E-state index in [1.807, 2.05) is 75.5 Å². The zero-order valence-electron chi connectivity index (χ0n) is 21.2. The number of halogens is 1. The molecule has 2 amide bonds. The second-order valence-electron chi connectivity index (χ2n) is 8.97. The number of imidazole rings is 1. The Morgan fingerprint density at radius 3 is 2.41 bits per heavy atom. The van der Waals surface area contributed by atoms with Crippen molar-refractivity contribution < 1.29 is 14.3 Å². The van der Waals surface area contributed by atoms with Gasteiger partial charge in [-0.2, -0.15) is 0 Å². The van der Waals surface area contributed by atoms with E-state index in [1.54, 1.807) is 40.8 Å². The Hall–Kier alpha value is -4.10. The van der Waals surface area contributed by atoms with Crippen LogP contribution in [0.4, 0.5) is 5.95 Å². The Balaban J connectivity index is 1.63. The molecule has 0 aliphatic rings. The first kappa shape index (κ1) is 26.0. The van der Waals surface area contributed by atoms with Gasteiger partial charge in [-0.25, -0.2) is 4.98 Å². The summed E-state index contributed by atoms with van der Waals surface area (Å²) in [6, 6.07) is 21.9. The number of carbonyl (C=O) groups is 2. The number of nitrogens with one attached hydrogen (secondary N) is 1. The Kier molecular flexibility index (Phi) is 7.94. The van der Waals surface area contributed by atoms with Crippen LogP contribution in [0.1, 0.15) is 29.8 Å². The molecule has 8 heteroatoms. The van der Waals surface area contributed by atoms with E-state index in [2.05, 4.69) is 5.32 Å². The van der Waals surface area contributed by atoms with E-state index in [-0.39, 0.29) is 24.4 Å². The van der Waals surface area contributed by atoms with Gasteiger partial charge in [0.2, 0.25) is 11.9 Å². The Bertz CT molecular complexity index is 1400. The number of ether oxygens (including phenoxy) is 1. The van der Waals surface area contributed by atoms with Gasteiger partial charge in [0.1, 0.15) is 12.3 Å². The summed E-state index contributed by atoms with van der Waals surface area (Å²) in [4.78, 5) is 32.6. The number of methoxy groups -OCH3 is 1. The third-order valence-electron chi connectivity index (χ3n) is 5.93. The summed E-state index contributed by atoms with van der Waals surface area (Å²) in [5, 5.41) is 3.52. The van der Waals surface area contributed by atoms with Crippen molar-refractivity contribution in [2.24, 2.45) is 0 Å². The number of benzene rings is 3. The number of amides is 2. The summed E-state index contributed by atoms with van der Waals surface area (Å²) in [5.74, 6) is 0.440. The minimum Gasteiger partial charge on any atom is -0.497 e. The molecule has 0 fully saturated rings. The summed E-state index contributed by atoms with van der Waals surface area (Å²) < 4.78 is 7.16. The number of nitrogens with zero attached hydrogens (tertiary/aromatic N) is 3. The first-order valence-corrected chi connectivity index (χ1v) is 12.3. The van der Waals surface area contributed by atoms with Gasteiger partial charge in [-0.1, -0.05) is 47.5 Å². The van der Waals surface area contributed by atoms with Gasteiger partial charge in [-0.15, -0.1) is 0 Å². The van der Waals surface area contributed by atoms with Crippen molar-refractivity contribution in [3.8, 4) is 22.7 Å². The van der Waals surface area contributed by atoms with Gasteiger partial charge in [-0.05, 0) is 57.2 Å². The molecule has 4 rings (SSSR count). The molecule has 0 saturated heterocycles. The summed E-state index contributed by atoms with van der Waals surface area (Å²) in [6.45, 7) is 5.61. The third-order valence-corrected chi connectivity index (χ3v) is 6.18. The molecular formula is C29H29ClN4O3. The molecule has 37 heavy (non-hydrogen) atoms. The molecule has 1 aromatic heterocycles. The van der Waals surface area contributed by atoms with Gasteiger partial charge in [0.25, 0.3) is 5.91 Å². The van der Waals surface area contributed by atoms with E-state index in [0.717, 1.165) is 16.8 Å². The van der Waals surface area contributed by atoms with Crippen LogP contribution in [0.25, 0.3) is 16.9 Å². The zero-order chi connectivity index (χ0) is 26.5. The predicted molar refractivity (Wildman–Crippen MR) is 147 cm³/mol. The maximum absolute atomic E-state index is 13.2. The summed E-state index contributed by atoms with van der Waals surface area (Å²) in [5.41, 5.74) is 3.87. The SMILES string of the molecule is COc1cccc(-n2cc(-c3ccc(Cl)cc3)nc2NC(=O)CN(C(=O)c2ccc(C)cc2)C(C)C)c1.